The Kier molecular flexibility index (Phi) is 44.4. The first kappa shape index (κ1) is 103. The molecule has 21 nitrogen and oxygen atoms in total. The minimum Gasteiger partial charge on any atom is -0.480 e. The fraction of sp³-hybridized carbons (Fsp3) is 0.510. The number of anilines is 2. The summed E-state index contributed by atoms with van der Waals surface area (Å²) in [6.07, 6.45) is 25.4. The SMILES string of the molecule is COC[C@@H](F)CN(CCCCc1ccc2c(n1)CCCC2)CC[C@H](N)C(=O)OC(C)(C)C.COC[C@@H](F)CN(CCCCc1ccc2c(n1)CCCC2)CC[C@H](Nc1cc(-c2ccccc2)ccn1)C(=O)O.COC[C@@H](F)CN(CCCCc1ccc2c(n1)CCCC2)CC[C@H](Nc1cc(-c2ccccc2)ccn1)C(=O)OC(C)(C)C.Clc1cc(-c2ccccc2)ccn1. The molecule has 0 spiro atoms. The van der Waals surface area contributed by atoms with E-state index < -0.39 is 59.8 Å². The zero-order chi connectivity index (χ0) is 92.2. The van der Waals surface area contributed by atoms with Gasteiger partial charge in [0.15, 0.2) is 0 Å². The number of carbonyl (C=O) groups excluding carboxylic acids is 2. The molecule has 0 bridgehead atoms. The summed E-state index contributed by atoms with van der Waals surface area (Å²) in [5.41, 5.74) is 22.5. The number of unbranched alkanes of at least 4 members (excludes halogenated alkanes) is 3. The van der Waals surface area contributed by atoms with Crippen molar-refractivity contribution in [3.05, 3.63) is 238 Å². The van der Waals surface area contributed by atoms with Crippen LogP contribution < -0.4 is 16.4 Å². The molecule has 12 rings (SSSR count). The smallest absolute Gasteiger partial charge is 0.329 e. The second-order valence-electron chi connectivity index (χ2n) is 35.9. The minimum absolute atomic E-state index is 0.0202. The number of nitrogens with two attached hydrogens (primary N) is 1. The Morgan fingerprint density at radius 2 is 0.752 bits per heavy atom. The van der Waals surface area contributed by atoms with Gasteiger partial charge in [0.05, 0.1) is 19.8 Å². The van der Waals surface area contributed by atoms with Crippen LogP contribution in [0.1, 0.15) is 189 Å². The van der Waals surface area contributed by atoms with E-state index >= 15 is 0 Å². The second-order valence-corrected chi connectivity index (χ2v) is 36.3. The number of halogens is 4. The molecule has 6 aromatic heterocycles. The molecule has 0 saturated carbocycles. The van der Waals surface area contributed by atoms with Crippen molar-refractivity contribution >= 4 is 41.1 Å². The number of aryl methyl sites for hydroxylation is 9. The van der Waals surface area contributed by atoms with Crippen molar-refractivity contribution in [2.45, 2.75) is 243 Å². The van der Waals surface area contributed by atoms with Gasteiger partial charge in [-0.1, -0.05) is 121 Å². The lowest BCUT2D eigenvalue weighted by Crippen LogP contribution is -2.41. The highest BCUT2D eigenvalue weighted by Crippen LogP contribution is 2.29. The van der Waals surface area contributed by atoms with E-state index in [1.165, 1.54) is 93.6 Å². The van der Waals surface area contributed by atoms with Gasteiger partial charge < -0.3 is 59.9 Å². The number of ether oxygens (including phenoxy) is 5. The van der Waals surface area contributed by atoms with Crippen molar-refractivity contribution < 1.29 is 56.3 Å². The molecule has 0 amide bonds. The lowest BCUT2D eigenvalue weighted by atomic mass is 9.95. The number of hydrogen-bond acceptors (Lipinski definition) is 20. The summed E-state index contributed by atoms with van der Waals surface area (Å²) in [6.45, 7) is 15.5. The van der Waals surface area contributed by atoms with Gasteiger partial charge in [-0.3, -0.25) is 19.7 Å². The number of alkyl halides is 3. The van der Waals surface area contributed by atoms with Crippen LogP contribution in [0.15, 0.2) is 182 Å². The Bertz CT molecular complexity index is 4770. The number of carboxylic acid groups (broad SMARTS) is 1. The van der Waals surface area contributed by atoms with Crippen LogP contribution in [0, 0.1) is 0 Å². The molecule has 3 aliphatic carbocycles. The Labute approximate surface area is 769 Å². The molecule has 698 valence electrons. The van der Waals surface area contributed by atoms with Crippen LogP contribution in [0.25, 0.3) is 33.4 Å². The molecule has 6 atom stereocenters. The molecule has 5 N–H and O–H groups in total. The van der Waals surface area contributed by atoms with E-state index in [-0.39, 0.29) is 45.4 Å². The number of aliphatic carboxylic acids is 1. The predicted molar refractivity (Wildman–Crippen MR) is 511 cm³/mol. The van der Waals surface area contributed by atoms with E-state index in [2.05, 4.69) is 66.9 Å². The molecule has 129 heavy (non-hydrogen) atoms. The quantitative estimate of drug-likeness (QED) is 0.0157. The third kappa shape index (κ3) is 38.8. The lowest BCUT2D eigenvalue weighted by Gasteiger charge is -2.28. The zero-order valence-electron chi connectivity index (χ0n) is 77.6. The molecule has 6 heterocycles. The van der Waals surface area contributed by atoms with Gasteiger partial charge in [0.2, 0.25) is 0 Å². The van der Waals surface area contributed by atoms with Crippen LogP contribution in [0.2, 0.25) is 5.15 Å². The molecule has 9 aromatic rings. The Hall–Kier alpha value is -9.63. The van der Waals surface area contributed by atoms with E-state index in [0.29, 0.717) is 62.2 Å². The van der Waals surface area contributed by atoms with Crippen LogP contribution in [0.4, 0.5) is 24.8 Å². The third-order valence-electron chi connectivity index (χ3n) is 22.7. The number of rotatable bonds is 46. The van der Waals surface area contributed by atoms with Gasteiger partial charge in [0.25, 0.3) is 0 Å². The molecule has 0 radical (unpaired) electrons. The molecule has 0 unspecified atom stereocenters. The average Bonchev–Trinajstić information content (AvgIpc) is 0.853. The topological polar surface area (TPSA) is 255 Å². The average molecular weight is 1790 g/mol. The summed E-state index contributed by atoms with van der Waals surface area (Å²) in [7, 11) is 4.51. The summed E-state index contributed by atoms with van der Waals surface area (Å²) in [5.74, 6) is -0.630. The Morgan fingerprint density at radius 1 is 0.419 bits per heavy atom. The number of nitrogens with one attached hydrogen (secondary N) is 2. The first-order valence-corrected chi connectivity index (χ1v) is 46.8. The fourth-order valence-electron chi connectivity index (χ4n) is 16.2. The maximum absolute atomic E-state index is 14.8. The minimum atomic E-state index is -1.13. The monoisotopic (exact) mass is 1790 g/mol. The predicted octanol–water partition coefficient (Wildman–Crippen LogP) is 19.5. The number of aromatic nitrogens is 6. The van der Waals surface area contributed by atoms with Crippen molar-refractivity contribution in [3.63, 3.8) is 0 Å². The fourth-order valence-corrected chi connectivity index (χ4v) is 16.4. The number of esters is 2. The number of fused-ring (bicyclic) bond motifs is 3. The second kappa shape index (κ2) is 55.5. The highest BCUT2D eigenvalue weighted by Gasteiger charge is 2.29. The highest BCUT2D eigenvalue weighted by atomic mass is 35.5. The van der Waals surface area contributed by atoms with Crippen LogP contribution >= 0.6 is 11.6 Å². The summed E-state index contributed by atoms with van der Waals surface area (Å²) >= 11 is 5.78. The molecular formula is C104H140ClF3N12O9. The lowest BCUT2D eigenvalue weighted by molar-refractivity contribution is -0.157. The van der Waals surface area contributed by atoms with Crippen LogP contribution in [0.3, 0.4) is 0 Å². The normalized spacial score (nSPS) is 14.4. The van der Waals surface area contributed by atoms with Gasteiger partial charge >= 0.3 is 17.9 Å². The number of carbonyl (C=O) groups is 3. The van der Waals surface area contributed by atoms with Crippen LogP contribution in [-0.4, -0.2) is 216 Å². The summed E-state index contributed by atoms with van der Waals surface area (Å²) in [5, 5.41) is 16.8. The van der Waals surface area contributed by atoms with Gasteiger partial charge in [0, 0.05) is 113 Å². The number of nitrogens with zero attached hydrogens (tertiary/aromatic N) is 9. The van der Waals surface area contributed by atoms with Gasteiger partial charge in [-0.05, 0) is 320 Å². The molecule has 0 aliphatic heterocycles. The highest BCUT2D eigenvalue weighted by molar-refractivity contribution is 6.29. The van der Waals surface area contributed by atoms with Gasteiger partial charge in [0.1, 0.15) is 64.6 Å². The standard InChI is InChI=1S/C36H49FN4O3.C32H41FN4O3.C25H42FN3O3.C11H8ClN/c1-36(2,3)44-35(42)33(40-34-24-29(19-21-38-34)27-12-6-5-7-13-27)20-23-41(25-30(37)26-43-4)22-11-10-15-31-18-17-28-14-8-9-16-32(28)39-31;1-40-23-27(33)22-37(19-8-7-12-28-15-14-25-11-5-6-13-29(25)35-28)20-17-30(32(38)39)36-31-21-26(16-18-34-31)24-9-3-2-4-10-24;1-25(2,3)32-24(30)22(27)14-16-29(17-20(26)18-31-4)15-8-7-10-21-13-12-19-9-5-6-11-23(19)28-21;12-11-8-10(6-7-13-11)9-4-2-1-3-5-9/h5-7,12-13,17-19,21,24,30,33H,8-11,14-16,20,22-23,25-26H2,1-4H3,(H,38,40);2-4,9-10,14-16,18,21,27,30H,5-8,11-13,17,19-20,22-23H2,1H3,(H,34,36)(H,38,39);12-13,20,22H,5-11,14-18,27H2,1-4H3;1-8H/t30-,33-;27-,30-;20-,22-;/m000./s1. The zero-order valence-corrected chi connectivity index (χ0v) is 78.3. The van der Waals surface area contributed by atoms with Crippen LogP contribution in [-0.2, 0) is 95.9 Å². The number of pyridine rings is 6. The van der Waals surface area contributed by atoms with E-state index in [9.17, 15) is 32.7 Å². The van der Waals surface area contributed by atoms with E-state index in [1.54, 1.807) is 18.6 Å². The Morgan fingerprint density at radius 3 is 1.11 bits per heavy atom. The number of methoxy groups -OCH3 is 3. The molecule has 0 fully saturated rings. The van der Waals surface area contributed by atoms with Crippen molar-refractivity contribution in [3.8, 4) is 33.4 Å². The van der Waals surface area contributed by atoms with Crippen molar-refractivity contribution in [1.82, 2.24) is 44.6 Å². The third-order valence-corrected chi connectivity index (χ3v) is 22.9. The maximum atomic E-state index is 14.8. The number of benzene rings is 3. The van der Waals surface area contributed by atoms with Crippen LogP contribution in [0.5, 0.6) is 0 Å². The van der Waals surface area contributed by atoms with Gasteiger partial charge in [-0.25, -0.2) is 37.7 Å². The van der Waals surface area contributed by atoms with E-state index in [1.807, 2.05) is 179 Å². The Balaban J connectivity index is 0.000000205. The van der Waals surface area contributed by atoms with Gasteiger partial charge in [-0.15, -0.1) is 0 Å². The van der Waals surface area contributed by atoms with E-state index in [4.69, 9.17) is 56.0 Å². The molecule has 0 saturated heterocycles. The van der Waals surface area contributed by atoms with Crippen molar-refractivity contribution in [2.24, 2.45) is 5.73 Å². The molecule has 25 heteroatoms. The van der Waals surface area contributed by atoms with Crippen molar-refractivity contribution in [1.29, 1.82) is 0 Å². The van der Waals surface area contributed by atoms with E-state index in [0.717, 1.165) is 160 Å². The molecule has 3 aromatic carbocycles. The summed E-state index contributed by atoms with van der Waals surface area (Å²) in [6, 6.07) is 52.4. The molecular weight excluding hydrogens is 1650 g/mol. The molecule has 3 aliphatic rings. The van der Waals surface area contributed by atoms with Crippen molar-refractivity contribution in [2.75, 3.05) is 111 Å². The largest absolute Gasteiger partial charge is 0.480 e. The number of hydrogen-bond donors (Lipinski definition) is 4. The van der Waals surface area contributed by atoms with Gasteiger partial charge in [-0.2, -0.15) is 0 Å². The summed E-state index contributed by atoms with van der Waals surface area (Å²) in [4.78, 5) is 71.1. The first-order chi connectivity index (χ1) is 62.2. The first-order valence-electron chi connectivity index (χ1n) is 46.4. The number of carboxylic acids is 1. The maximum Gasteiger partial charge on any atom is 0.329 e. The summed E-state index contributed by atoms with van der Waals surface area (Å²) < 4.78 is 69.6.